The monoisotopic (exact) mass is 336 g/mol. The molecule has 0 atom stereocenters. The van der Waals surface area contributed by atoms with Gasteiger partial charge in [0.1, 0.15) is 11.4 Å². The van der Waals surface area contributed by atoms with Crippen molar-refractivity contribution in [3.8, 4) is 0 Å². The van der Waals surface area contributed by atoms with Crippen LogP contribution in [0.25, 0.3) is 0 Å². The van der Waals surface area contributed by atoms with Gasteiger partial charge < -0.3 is 19.8 Å². The maximum absolute atomic E-state index is 12.5. The topological polar surface area (TPSA) is 98.9 Å². The molecule has 2 saturated heterocycles. The molecule has 0 bridgehead atoms. The summed E-state index contributed by atoms with van der Waals surface area (Å²) >= 11 is 0. The highest BCUT2D eigenvalue weighted by Gasteiger charge is 2.42. The molecule has 2 amide bonds. The number of nitrogens with zero attached hydrogens (tertiary/aromatic N) is 3. The van der Waals surface area contributed by atoms with Crippen molar-refractivity contribution < 1.29 is 19.2 Å². The molecular formula is C16H24N4O4. The molecule has 2 N–H and O–H groups in total. The van der Waals surface area contributed by atoms with Gasteiger partial charge in [0.2, 0.25) is 5.91 Å². The molecule has 3 heterocycles. The van der Waals surface area contributed by atoms with Gasteiger partial charge >= 0.3 is 0 Å². The van der Waals surface area contributed by atoms with Gasteiger partial charge in [0.15, 0.2) is 5.82 Å². The van der Waals surface area contributed by atoms with E-state index >= 15 is 0 Å². The van der Waals surface area contributed by atoms with Crippen LogP contribution in [0.1, 0.15) is 31.4 Å². The molecule has 2 aliphatic heterocycles. The van der Waals surface area contributed by atoms with Gasteiger partial charge in [-0.3, -0.25) is 14.5 Å². The number of hydrogen-bond donors (Lipinski definition) is 2. The van der Waals surface area contributed by atoms with Gasteiger partial charge in [-0.25, -0.2) is 0 Å². The second-order valence-corrected chi connectivity index (χ2v) is 6.68. The average Bonchev–Trinajstić information content (AvgIpc) is 3.21. The number of piperidine rings is 1. The zero-order chi connectivity index (χ0) is 17.2. The summed E-state index contributed by atoms with van der Waals surface area (Å²) in [6, 6.07) is 1.65. The highest BCUT2D eigenvalue weighted by atomic mass is 16.5. The molecule has 1 aromatic heterocycles. The minimum Gasteiger partial charge on any atom is -0.380 e. The maximum atomic E-state index is 12.5. The minimum absolute atomic E-state index is 0.151. The third-order valence-electron chi connectivity index (χ3n) is 4.74. The Labute approximate surface area is 140 Å². The van der Waals surface area contributed by atoms with Crippen LogP contribution in [-0.4, -0.2) is 70.2 Å². The van der Waals surface area contributed by atoms with E-state index in [-0.39, 0.29) is 18.4 Å². The van der Waals surface area contributed by atoms with E-state index in [9.17, 15) is 14.7 Å². The van der Waals surface area contributed by atoms with Crippen molar-refractivity contribution in [2.24, 2.45) is 0 Å². The van der Waals surface area contributed by atoms with Crippen LogP contribution in [-0.2, 0) is 9.59 Å². The summed E-state index contributed by atoms with van der Waals surface area (Å²) in [6.45, 7) is 4.48. The van der Waals surface area contributed by atoms with Crippen LogP contribution in [0.2, 0.25) is 0 Å². The number of aromatic nitrogens is 1. The first-order valence-electron chi connectivity index (χ1n) is 8.43. The number of carbonyl (C=O) groups excluding carboxylic acids is 2. The number of aryl methyl sites for hydroxylation is 1. The first-order chi connectivity index (χ1) is 11.5. The number of hydrogen-bond acceptors (Lipinski definition) is 6. The van der Waals surface area contributed by atoms with Crippen LogP contribution < -0.4 is 5.32 Å². The molecule has 132 valence electrons. The number of aliphatic hydroxyl groups is 1. The summed E-state index contributed by atoms with van der Waals surface area (Å²) in [5.74, 6) is 0.700. The zero-order valence-corrected chi connectivity index (χ0v) is 14.0. The molecule has 24 heavy (non-hydrogen) atoms. The zero-order valence-electron chi connectivity index (χ0n) is 14.0. The molecule has 8 nitrogen and oxygen atoms in total. The SMILES string of the molecule is Cc1cc(NC(=O)CN2CCC(O)(C(=O)N3CCCC3)CC2)no1. The lowest BCUT2D eigenvalue weighted by Crippen LogP contribution is -2.55. The van der Waals surface area contributed by atoms with Crippen molar-refractivity contribution in [2.75, 3.05) is 38.0 Å². The molecule has 0 aromatic carbocycles. The Bertz CT molecular complexity index is 601. The number of carbonyl (C=O) groups is 2. The molecule has 8 heteroatoms. The molecule has 2 fully saturated rings. The first-order valence-corrected chi connectivity index (χ1v) is 8.43. The van der Waals surface area contributed by atoms with Gasteiger partial charge in [-0.1, -0.05) is 5.16 Å². The van der Waals surface area contributed by atoms with Gasteiger partial charge in [0.05, 0.1) is 6.54 Å². The van der Waals surface area contributed by atoms with Crippen molar-refractivity contribution in [1.82, 2.24) is 15.0 Å². The first kappa shape index (κ1) is 16.9. The van der Waals surface area contributed by atoms with Crippen LogP contribution in [0.3, 0.4) is 0 Å². The number of likely N-dealkylation sites (tertiary alicyclic amines) is 2. The van der Waals surface area contributed by atoms with Crippen LogP contribution in [0, 0.1) is 6.92 Å². The van der Waals surface area contributed by atoms with E-state index in [1.54, 1.807) is 17.9 Å². The average molecular weight is 336 g/mol. The molecule has 0 radical (unpaired) electrons. The maximum Gasteiger partial charge on any atom is 0.254 e. The quantitative estimate of drug-likeness (QED) is 0.824. The van der Waals surface area contributed by atoms with Crippen molar-refractivity contribution in [3.05, 3.63) is 11.8 Å². The lowest BCUT2D eigenvalue weighted by atomic mass is 9.90. The fourth-order valence-corrected chi connectivity index (χ4v) is 3.32. The van der Waals surface area contributed by atoms with E-state index < -0.39 is 5.60 Å². The highest BCUT2D eigenvalue weighted by molar-refractivity contribution is 5.91. The fraction of sp³-hybridized carbons (Fsp3) is 0.688. The van der Waals surface area contributed by atoms with Gasteiger partial charge in [-0.15, -0.1) is 0 Å². The van der Waals surface area contributed by atoms with Crippen molar-refractivity contribution in [2.45, 2.75) is 38.2 Å². The van der Waals surface area contributed by atoms with Crippen LogP contribution in [0.5, 0.6) is 0 Å². The Morgan fingerprint density at radius 2 is 1.96 bits per heavy atom. The predicted molar refractivity (Wildman–Crippen MR) is 86.3 cm³/mol. The van der Waals surface area contributed by atoms with E-state index in [1.165, 1.54) is 0 Å². The number of amides is 2. The van der Waals surface area contributed by atoms with Gasteiger partial charge in [0.25, 0.3) is 5.91 Å². The molecule has 0 saturated carbocycles. The Balaban J connectivity index is 1.47. The lowest BCUT2D eigenvalue weighted by molar-refractivity contribution is -0.155. The van der Waals surface area contributed by atoms with Gasteiger partial charge in [-0.05, 0) is 32.6 Å². The molecule has 0 aliphatic carbocycles. The lowest BCUT2D eigenvalue weighted by Gasteiger charge is -2.38. The second-order valence-electron chi connectivity index (χ2n) is 6.68. The fourth-order valence-electron chi connectivity index (χ4n) is 3.32. The minimum atomic E-state index is -1.28. The molecular weight excluding hydrogens is 312 g/mol. The van der Waals surface area contributed by atoms with Crippen LogP contribution >= 0.6 is 0 Å². The van der Waals surface area contributed by atoms with E-state index in [0.29, 0.717) is 37.5 Å². The largest absolute Gasteiger partial charge is 0.380 e. The Morgan fingerprint density at radius 3 is 2.54 bits per heavy atom. The van der Waals surface area contributed by atoms with Crippen molar-refractivity contribution >= 4 is 17.6 Å². The number of anilines is 1. The molecule has 2 aliphatic rings. The van der Waals surface area contributed by atoms with E-state index in [2.05, 4.69) is 10.5 Å². The Morgan fingerprint density at radius 1 is 1.29 bits per heavy atom. The third kappa shape index (κ3) is 3.76. The molecule has 3 rings (SSSR count). The van der Waals surface area contributed by atoms with Crippen molar-refractivity contribution in [1.29, 1.82) is 0 Å². The summed E-state index contributed by atoms with van der Waals surface area (Å²) < 4.78 is 4.90. The van der Waals surface area contributed by atoms with E-state index in [4.69, 9.17) is 4.52 Å². The van der Waals surface area contributed by atoms with E-state index in [0.717, 1.165) is 25.9 Å². The highest BCUT2D eigenvalue weighted by Crippen LogP contribution is 2.26. The normalized spacial score (nSPS) is 21.0. The summed E-state index contributed by atoms with van der Waals surface area (Å²) in [5.41, 5.74) is -1.28. The molecule has 0 unspecified atom stereocenters. The Kier molecular flexibility index (Phi) is 4.86. The number of rotatable bonds is 4. The van der Waals surface area contributed by atoms with Gasteiger partial charge in [-0.2, -0.15) is 0 Å². The van der Waals surface area contributed by atoms with Crippen LogP contribution in [0.4, 0.5) is 5.82 Å². The predicted octanol–water partition coefficient (Wildman–Crippen LogP) is 0.371. The van der Waals surface area contributed by atoms with E-state index in [1.807, 2.05) is 4.90 Å². The summed E-state index contributed by atoms with van der Waals surface area (Å²) in [7, 11) is 0. The van der Waals surface area contributed by atoms with Gasteiger partial charge in [0, 0.05) is 32.2 Å². The summed E-state index contributed by atoms with van der Waals surface area (Å²) in [4.78, 5) is 28.2. The third-order valence-corrected chi connectivity index (χ3v) is 4.74. The molecule has 1 aromatic rings. The smallest absolute Gasteiger partial charge is 0.254 e. The van der Waals surface area contributed by atoms with Crippen molar-refractivity contribution in [3.63, 3.8) is 0 Å². The summed E-state index contributed by atoms with van der Waals surface area (Å²) in [5, 5.41) is 17.0. The standard InChI is InChI=1S/C16H24N4O4/c1-12-10-13(18-24-12)17-14(21)11-19-8-4-16(23,5-9-19)15(22)20-6-2-3-7-20/h10,23H,2-9,11H2,1H3,(H,17,18,21). The van der Waals surface area contributed by atoms with Crippen LogP contribution in [0.15, 0.2) is 10.6 Å². The molecule has 0 spiro atoms. The second kappa shape index (κ2) is 6.90. The Hall–Kier alpha value is -1.93. The summed E-state index contributed by atoms with van der Waals surface area (Å²) in [6.07, 6.45) is 2.74. The number of nitrogens with one attached hydrogen (secondary N) is 1.